The molecule has 0 bridgehead atoms. The molecule has 144 valence electrons. The zero-order valence-corrected chi connectivity index (χ0v) is 16.7. The van der Waals surface area contributed by atoms with E-state index in [2.05, 4.69) is 55.5 Å². The van der Waals surface area contributed by atoms with Crippen LogP contribution in [0.15, 0.2) is 54.6 Å². The monoisotopic (exact) mass is 372 g/mol. The minimum Gasteiger partial charge on any atom is -0.426 e. The highest BCUT2D eigenvalue weighted by Crippen LogP contribution is 2.38. The van der Waals surface area contributed by atoms with E-state index in [4.69, 9.17) is 4.74 Å². The molecule has 2 nitrogen and oxygen atoms in total. The van der Waals surface area contributed by atoms with Gasteiger partial charge in [0.25, 0.3) is 0 Å². The first kappa shape index (κ1) is 18.7. The summed E-state index contributed by atoms with van der Waals surface area (Å²) < 4.78 is 5.78. The first-order chi connectivity index (χ1) is 13.8. The average Bonchev–Trinajstić information content (AvgIpc) is 2.72. The summed E-state index contributed by atoms with van der Waals surface area (Å²) in [6.07, 6.45) is 8.90. The third-order valence-corrected chi connectivity index (χ3v) is 5.70. The SMILES string of the molecule is CCCCCCCCCC(=O)Oc1ccc2ccc3cccc4ccc1c2c34. The molecule has 0 aliphatic rings. The first-order valence-corrected chi connectivity index (χ1v) is 10.6. The van der Waals surface area contributed by atoms with E-state index in [1.165, 1.54) is 59.0 Å². The highest BCUT2D eigenvalue weighted by Gasteiger charge is 2.13. The summed E-state index contributed by atoms with van der Waals surface area (Å²) in [7, 11) is 0. The van der Waals surface area contributed by atoms with Crippen LogP contribution < -0.4 is 4.74 Å². The maximum Gasteiger partial charge on any atom is 0.311 e. The highest BCUT2D eigenvalue weighted by atomic mass is 16.5. The minimum atomic E-state index is -0.122. The van der Waals surface area contributed by atoms with Crippen molar-refractivity contribution in [3.8, 4) is 5.75 Å². The van der Waals surface area contributed by atoms with Crippen molar-refractivity contribution in [2.24, 2.45) is 0 Å². The predicted molar refractivity (Wildman–Crippen MR) is 118 cm³/mol. The normalized spacial score (nSPS) is 11.6. The second-order valence-corrected chi connectivity index (χ2v) is 7.77. The number of unbranched alkanes of at least 4 members (excludes halogenated alkanes) is 6. The fourth-order valence-corrected chi connectivity index (χ4v) is 4.20. The molecule has 0 heterocycles. The van der Waals surface area contributed by atoms with Crippen molar-refractivity contribution in [2.75, 3.05) is 0 Å². The van der Waals surface area contributed by atoms with E-state index in [0.29, 0.717) is 12.2 Å². The summed E-state index contributed by atoms with van der Waals surface area (Å²) in [5.41, 5.74) is 0. The van der Waals surface area contributed by atoms with Gasteiger partial charge in [0.05, 0.1) is 0 Å². The molecule has 0 aromatic heterocycles. The number of carbonyl (C=O) groups excluding carboxylic acids is 1. The Morgan fingerprint density at radius 2 is 1.32 bits per heavy atom. The molecule has 0 atom stereocenters. The molecule has 2 heteroatoms. The van der Waals surface area contributed by atoms with Crippen LogP contribution in [-0.4, -0.2) is 5.97 Å². The zero-order chi connectivity index (χ0) is 19.3. The van der Waals surface area contributed by atoms with Gasteiger partial charge in [-0.25, -0.2) is 0 Å². The number of hydrogen-bond donors (Lipinski definition) is 0. The van der Waals surface area contributed by atoms with Crippen LogP contribution in [0.3, 0.4) is 0 Å². The predicted octanol–water partition coefficient (Wildman–Crippen LogP) is 7.63. The molecule has 4 aromatic carbocycles. The Morgan fingerprint density at radius 1 is 0.714 bits per heavy atom. The number of carbonyl (C=O) groups is 1. The van der Waals surface area contributed by atoms with E-state index >= 15 is 0 Å². The van der Waals surface area contributed by atoms with E-state index in [9.17, 15) is 4.79 Å². The second-order valence-electron chi connectivity index (χ2n) is 7.77. The molecule has 0 radical (unpaired) electrons. The Balaban J connectivity index is 1.48. The van der Waals surface area contributed by atoms with Gasteiger partial charge in [-0.15, -0.1) is 0 Å². The molecule has 0 fully saturated rings. The quantitative estimate of drug-likeness (QED) is 0.131. The van der Waals surface area contributed by atoms with Crippen LogP contribution in [0, 0.1) is 0 Å². The van der Waals surface area contributed by atoms with Crippen molar-refractivity contribution < 1.29 is 9.53 Å². The van der Waals surface area contributed by atoms with Crippen molar-refractivity contribution in [3.05, 3.63) is 54.6 Å². The average molecular weight is 373 g/mol. The maximum atomic E-state index is 12.4. The third-order valence-electron chi connectivity index (χ3n) is 5.70. The molecular weight excluding hydrogens is 344 g/mol. The van der Waals surface area contributed by atoms with Crippen molar-refractivity contribution in [3.63, 3.8) is 0 Å². The molecule has 0 spiro atoms. The summed E-state index contributed by atoms with van der Waals surface area (Å²) in [6, 6.07) is 18.9. The fraction of sp³-hybridized carbons (Fsp3) is 0.346. The summed E-state index contributed by atoms with van der Waals surface area (Å²) in [4.78, 5) is 12.4. The van der Waals surface area contributed by atoms with Crippen LogP contribution in [0.1, 0.15) is 58.3 Å². The number of ether oxygens (including phenoxy) is 1. The molecule has 0 N–H and O–H groups in total. The minimum absolute atomic E-state index is 0.122. The molecule has 0 aliphatic carbocycles. The van der Waals surface area contributed by atoms with Gasteiger partial charge in [-0.1, -0.05) is 87.9 Å². The number of rotatable bonds is 9. The van der Waals surface area contributed by atoms with Gasteiger partial charge in [0.2, 0.25) is 0 Å². The number of benzene rings is 4. The van der Waals surface area contributed by atoms with E-state index in [1.54, 1.807) is 0 Å². The topological polar surface area (TPSA) is 26.3 Å². The van der Waals surface area contributed by atoms with Crippen molar-refractivity contribution >= 4 is 38.3 Å². The van der Waals surface area contributed by atoms with Gasteiger partial charge in [0.15, 0.2) is 0 Å². The van der Waals surface area contributed by atoms with E-state index in [1.807, 2.05) is 6.07 Å². The van der Waals surface area contributed by atoms with Gasteiger partial charge < -0.3 is 4.74 Å². The van der Waals surface area contributed by atoms with Gasteiger partial charge in [-0.3, -0.25) is 4.79 Å². The van der Waals surface area contributed by atoms with Crippen LogP contribution >= 0.6 is 0 Å². The Labute approximate surface area is 166 Å². The van der Waals surface area contributed by atoms with Crippen LogP contribution in [0.4, 0.5) is 0 Å². The largest absolute Gasteiger partial charge is 0.426 e. The molecule has 0 aliphatic heterocycles. The van der Waals surface area contributed by atoms with E-state index < -0.39 is 0 Å². The Morgan fingerprint density at radius 3 is 2.07 bits per heavy atom. The lowest BCUT2D eigenvalue weighted by atomic mass is 9.94. The highest BCUT2D eigenvalue weighted by molar-refractivity contribution is 6.24. The third kappa shape index (κ3) is 3.82. The van der Waals surface area contributed by atoms with Crippen LogP contribution in [-0.2, 0) is 4.79 Å². The van der Waals surface area contributed by atoms with Crippen molar-refractivity contribution in [1.82, 2.24) is 0 Å². The van der Waals surface area contributed by atoms with Gasteiger partial charge in [-0.05, 0) is 40.1 Å². The lowest BCUT2D eigenvalue weighted by Crippen LogP contribution is -2.08. The summed E-state index contributed by atoms with van der Waals surface area (Å²) in [5.74, 6) is 0.558. The summed E-state index contributed by atoms with van der Waals surface area (Å²) in [5, 5.41) is 7.10. The number of hydrogen-bond acceptors (Lipinski definition) is 2. The molecule has 4 aromatic rings. The smallest absolute Gasteiger partial charge is 0.311 e. The van der Waals surface area contributed by atoms with Gasteiger partial charge >= 0.3 is 5.97 Å². The Hall–Kier alpha value is -2.61. The van der Waals surface area contributed by atoms with Crippen LogP contribution in [0.2, 0.25) is 0 Å². The molecule has 4 rings (SSSR count). The fourth-order valence-electron chi connectivity index (χ4n) is 4.20. The number of esters is 1. The molecule has 0 saturated carbocycles. The Bertz CT molecular complexity index is 1060. The molecule has 0 amide bonds. The second kappa shape index (κ2) is 8.60. The maximum absolute atomic E-state index is 12.4. The molecule has 0 unspecified atom stereocenters. The van der Waals surface area contributed by atoms with Crippen LogP contribution in [0.25, 0.3) is 32.3 Å². The van der Waals surface area contributed by atoms with Gasteiger partial charge in [-0.2, -0.15) is 0 Å². The summed E-state index contributed by atoms with van der Waals surface area (Å²) >= 11 is 0. The lowest BCUT2D eigenvalue weighted by molar-refractivity contribution is -0.134. The van der Waals surface area contributed by atoms with Crippen molar-refractivity contribution in [1.29, 1.82) is 0 Å². The zero-order valence-electron chi connectivity index (χ0n) is 16.7. The Kier molecular flexibility index (Phi) is 5.76. The van der Waals surface area contributed by atoms with E-state index in [-0.39, 0.29) is 5.97 Å². The van der Waals surface area contributed by atoms with Gasteiger partial charge in [0, 0.05) is 17.2 Å². The molecule has 28 heavy (non-hydrogen) atoms. The summed E-state index contributed by atoms with van der Waals surface area (Å²) in [6.45, 7) is 2.23. The van der Waals surface area contributed by atoms with Crippen molar-refractivity contribution in [2.45, 2.75) is 58.3 Å². The van der Waals surface area contributed by atoms with Gasteiger partial charge in [0.1, 0.15) is 5.75 Å². The standard InChI is InChI=1S/C26H28O2/c1-2-3-4-5-6-7-8-12-24(27)28-23-18-16-21-14-13-19-10-9-11-20-15-17-22(23)26(21)25(19)20/h9-11,13-18H,2-8,12H2,1H3. The van der Waals surface area contributed by atoms with E-state index in [0.717, 1.165) is 18.2 Å². The van der Waals surface area contributed by atoms with Crippen LogP contribution in [0.5, 0.6) is 5.75 Å². The molecular formula is C26H28O2. The lowest BCUT2D eigenvalue weighted by Gasteiger charge is -2.13. The first-order valence-electron chi connectivity index (χ1n) is 10.6. The molecule has 0 saturated heterocycles.